The number of methoxy groups -OCH3 is 1. The average molecular weight is 439 g/mol. The van der Waals surface area contributed by atoms with E-state index < -0.39 is 16.9 Å². The molecule has 3 heterocycles. The molecule has 0 fully saturated rings. The zero-order valence-electron chi connectivity index (χ0n) is 17.0. The highest BCUT2D eigenvalue weighted by molar-refractivity contribution is 6.31. The summed E-state index contributed by atoms with van der Waals surface area (Å²) >= 11 is 6.12. The van der Waals surface area contributed by atoms with Gasteiger partial charge in [-0.25, -0.2) is 0 Å². The van der Waals surface area contributed by atoms with Crippen molar-refractivity contribution in [3.63, 3.8) is 0 Å². The van der Waals surface area contributed by atoms with Crippen molar-refractivity contribution in [2.45, 2.75) is 12.5 Å². The van der Waals surface area contributed by atoms with Gasteiger partial charge >= 0.3 is 0 Å². The van der Waals surface area contributed by atoms with Crippen molar-refractivity contribution in [1.82, 2.24) is 4.90 Å². The van der Waals surface area contributed by atoms with E-state index >= 15 is 0 Å². The molecule has 1 spiro atoms. The van der Waals surface area contributed by atoms with Gasteiger partial charge in [0.05, 0.1) is 23.2 Å². The molecule has 0 bridgehead atoms. The van der Waals surface area contributed by atoms with Crippen LogP contribution in [0.3, 0.4) is 0 Å². The van der Waals surface area contributed by atoms with Gasteiger partial charge in [0.15, 0.2) is 11.0 Å². The first kappa shape index (κ1) is 19.8. The monoisotopic (exact) mass is 438 g/mol. The zero-order chi connectivity index (χ0) is 21.9. The van der Waals surface area contributed by atoms with Crippen LogP contribution in [0, 0.1) is 0 Å². The molecular formula is C23H19ClN2O5. The van der Waals surface area contributed by atoms with E-state index in [-0.39, 0.29) is 41.4 Å². The molecule has 0 radical (unpaired) electrons. The molecule has 3 aromatic rings. The molecule has 31 heavy (non-hydrogen) atoms. The van der Waals surface area contributed by atoms with Crippen LogP contribution in [0.2, 0.25) is 5.02 Å². The van der Waals surface area contributed by atoms with Crippen molar-refractivity contribution < 1.29 is 18.7 Å². The van der Waals surface area contributed by atoms with Gasteiger partial charge in [0.25, 0.3) is 11.8 Å². The average Bonchev–Trinajstić information content (AvgIpc) is 3.17. The molecule has 2 amide bonds. The fourth-order valence-corrected chi connectivity index (χ4v) is 4.93. The number of ether oxygens (including phenoxy) is 1. The number of benzene rings is 2. The number of amides is 2. The van der Waals surface area contributed by atoms with Crippen LogP contribution >= 0.6 is 11.6 Å². The Hall–Kier alpha value is -3.16. The summed E-state index contributed by atoms with van der Waals surface area (Å²) in [5.74, 6) is -0.979. The van der Waals surface area contributed by atoms with Gasteiger partial charge in [-0.1, -0.05) is 29.8 Å². The number of carbonyl (C=O) groups is 2. The summed E-state index contributed by atoms with van der Waals surface area (Å²) in [6, 6.07) is 11.9. The van der Waals surface area contributed by atoms with Gasteiger partial charge in [0.2, 0.25) is 5.76 Å². The van der Waals surface area contributed by atoms with Crippen molar-refractivity contribution in [1.29, 1.82) is 0 Å². The number of likely N-dealkylation sites (N-methyl/N-ethyl adjacent to an activating group) is 1. The summed E-state index contributed by atoms with van der Waals surface area (Å²) in [7, 11) is 1.52. The molecule has 0 aliphatic carbocycles. The van der Waals surface area contributed by atoms with Crippen LogP contribution in [0.1, 0.15) is 28.6 Å². The van der Waals surface area contributed by atoms with Crippen LogP contribution in [0.4, 0.5) is 5.69 Å². The van der Waals surface area contributed by atoms with Crippen LogP contribution in [0.15, 0.2) is 51.7 Å². The van der Waals surface area contributed by atoms with E-state index in [1.54, 1.807) is 29.2 Å². The molecule has 2 aliphatic heterocycles. The molecule has 0 saturated carbocycles. The van der Waals surface area contributed by atoms with Gasteiger partial charge in [-0.15, -0.1) is 0 Å². The van der Waals surface area contributed by atoms with Gasteiger partial charge in [0, 0.05) is 30.8 Å². The van der Waals surface area contributed by atoms with Gasteiger partial charge in [-0.3, -0.25) is 14.4 Å². The number of anilines is 1. The number of halogens is 1. The lowest BCUT2D eigenvalue weighted by Gasteiger charge is -2.34. The molecule has 158 valence electrons. The number of carbonyl (C=O) groups excluding carboxylic acids is 2. The van der Waals surface area contributed by atoms with Crippen LogP contribution < -0.4 is 10.3 Å². The molecular weight excluding hydrogens is 420 g/mol. The highest BCUT2D eigenvalue weighted by atomic mass is 35.5. The van der Waals surface area contributed by atoms with Crippen LogP contribution in [0.5, 0.6) is 0 Å². The van der Waals surface area contributed by atoms with Crippen molar-refractivity contribution in [2.24, 2.45) is 0 Å². The molecule has 2 aromatic carbocycles. The Balaban J connectivity index is 1.92. The maximum absolute atomic E-state index is 13.9. The number of fused-ring (bicyclic) bond motifs is 5. The summed E-state index contributed by atoms with van der Waals surface area (Å²) in [5.41, 5.74) is -0.502. The Morgan fingerprint density at radius 2 is 1.90 bits per heavy atom. The van der Waals surface area contributed by atoms with Gasteiger partial charge in [-0.05, 0) is 31.2 Å². The topological polar surface area (TPSA) is 80.1 Å². The first-order valence-electron chi connectivity index (χ1n) is 9.96. The number of nitrogens with zero attached hydrogens (tertiary/aromatic N) is 2. The lowest BCUT2D eigenvalue weighted by molar-refractivity contribution is -0.126. The number of para-hydroxylation sites is 1. The number of hydrogen-bond donors (Lipinski definition) is 0. The maximum atomic E-state index is 13.9. The predicted octanol–water partition coefficient (Wildman–Crippen LogP) is 3.16. The molecule has 1 unspecified atom stereocenters. The van der Waals surface area contributed by atoms with Gasteiger partial charge in [-0.2, -0.15) is 0 Å². The minimum Gasteiger partial charge on any atom is -0.450 e. The smallest absolute Gasteiger partial charge is 0.291 e. The summed E-state index contributed by atoms with van der Waals surface area (Å²) < 4.78 is 11.1. The second-order valence-corrected chi connectivity index (χ2v) is 7.94. The number of rotatable bonds is 4. The minimum absolute atomic E-state index is 0.0387. The Labute approximate surface area is 182 Å². The standard InChI is InChI=1S/C23H19ClN2O5/c1-3-25-16-7-5-4-6-15(16)23(22(25)29)18-19(27)14-12-13(24)8-9-17(14)31-20(18)21(28)26(23)10-11-30-2/h4-9,12H,3,10-11H2,1-2H3. The highest BCUT2D eigenvalue weighted by Crippen LogP contribution is 2.52. The fourth-order valence-electron chi connectivity index (χ4n) is 4.76. The fraction of sp³-hybridized carbons (Fsp3) is 0.261. The maximum Gasteiger partial charge on any atom is 0.291 e. The van der Waals surface area contributed by atoms with Gasteiger partial charge < -0.3 is 19.0 Å². The summed E-state index contributed by atoms with van der Waals surface area (Å²) in [5, 5.41) is 0.593. The van der Waals surface area contributed by atoms with E-state index in [0.29, 0.717) is 22.8 Å². The third-order valence-corrected chi connectivity index (χ3v) is 6.27. The van der Waals surface area contributed by atoms with Crippen LogP contribution in [0.25, 0.3) is 11.0 Å². The molecule has 2 aliphatic rings. The van der Waals surface area contributed by atoms with Gasteiger partial charge in [0.1, 0.15) is 5.58 Å². The zero-order valence-corrected chi connectivity index (χ0v) is 17.7. The first-order valence-corrected chi connectivity index (χ1v) is 10.3. The molecule has 0 saturated heterocycles. The molecule has 5 rings (SSSR count). The van der Waals surface area contributed by atoms with Crippen LogP contribution in [-0.4, -0.2) is 43.5 Å². The van der Waals surface area contributed by atoms with E-state index in [0.717, 1.165) is 0 Å². The largest absolute Gasteiger partial charge is 0.450 e. The van der Waals surface area contributed by atoms with E-state index in [1.807, 2.05) is 19.1 Å². The number of hydrogen-bond acceptors (Lipinski definition) is 5. The first-order chi connectivity index (χ1) is 15.0. The quantitative estimate of drug-likeness (QED) is 0.625. The molecule has 1 aromatic heterocycles. The van der Waals surface area contributed by atoms with Crippen LogP contribution in [-0.2, 0) is 15.1 Å². The van der Waals surface area contributed by atoms with Crippen molar-refractivity contribution in [3.05, 3.63) is 74.6 Å². The molecule has 7 nitrogen and oxygen atoms in total. The van der Waals surface area contributed by atoms with E-state index in [1.165, 1.54) is 18.1 Å². The lowest BCUT2D eigenvalue weighted by Crippen LogP contribution is -2.54. The summed E-state index contributed by atoms with van der Waals surface area (Å²) in [4.78, 5) is 44.2. The van der Waals surface area contributed by atoms with Crippen molar-refractivity contribution >= 4 is 40.1 Å². The Morgan fingerprint density at radius 3 is 2.65 bits per heavy atom. The van der Waals surface area contributed by atoms with Crippen molar-refractivity contribution in [2.75, 3.05) is 31.7 Å². The molecule has 8 heteroatoms. The highest BCUT2D eigenvalue weighted by Gasteiger charge is 2.64. The Bertz CT molecular complexity index is 1320. The van der Waals surface area contributed by atoms with E-state index in [4.69, 9.17) is 20.8 Å². The SMILES string of the molecule is CCN1C(=O)C2(c3ccccc31)c1c(oc3ccc(Cl)cc3c1=O)C(=O)N2CCOC. The lowest BCUT2D eigenvalue weighted by atomic mass is 9.84. The summed E-state index contributed by atoms with van der Waals surface area (Å²) in [6.45, 7) is 2.56. The third-order valence-electron chi connectivity index (χ3n) is 6.03. The molecule has 0 N–H and O–H groups in total. The second kappa shape index (κ2) is 6.93. The van der Waals surface area contributed by atoms with Crippen molar-refractivity contribution in [3.8, 4) is 0 Å². The Kier molecular flexibility index (Phi) is 4.42. The second-order valence-electron chi connectivity index (χ2n) is 7.50. The minimum atomic E-state index is -1.60. The summed E-state index contributed by atoms with van der Waals surface area (Å²) in [6.07, 6.45) is 0. The molecule has 1 atom stereocenters. The predicted molar refractivity (Wildman–Crippen MR) is 116 cm³/mol. The Morgan fingerprint density at radius 1 is 1.13 bits per heavy atom. The van der Waals surface area contributed by atoms with E-state index in [2.05, 4.69) is 0 Å². The normalized spacial score (nSPS) is 19.6. The third kappa shape index (κ3) is 2.41. The van der Waals surface area contributed by atoms with E-state index in [9.17, 15) is 14.4 Å².